The van der Waals surface area contributed by atoms with Gasteiger partial charge in [-0.15, -0.1) is 0 Å². The largest absolute Gasteiger partial charge is 0.213 e. The summed E-state index contributed by atoms with van der Waals surface area (Å²) in [4.78, 5) is 0. The zero-order valence-electron chi connectivity index (χ0n) is 9.00. The van der Waals surface area contributed by atoms with E-state index in [2.05, 4.69) is 18.6 Å². The average molecular weight is 207 g/mol. The first-order chi connectivity index (χ1) is 5.81. The van der Waals surface area contributed by atoms with Crippen molar-refractivity contribution in [1.29, 1.82) is 0 Å². The van der Waals surface area contributed by atoms with Crippen LogP contribution in [0.4, 0.5) is 0 Å². The molecule has 0 amide bonds. The lowest BCUT2D eigenvalue weighted by Crippen LogP contribution is -2.31. The molecule has 4 heteroatoms. The van der Waals surface area contributed by atoms with Crippen molar-refractivity contribution in [3.8, 4) is 0 Å². The number of rotatable bonds is 6. The van der Waals surface area contributed by atoms with Crippen LogP contribution in [0, 0.1) is 5.92 Å². The summed E-state index contributed by atoms with van der Waals surface area (Å²) < 4.78 is 24.2. The molecule has 0 saturated heterocycles. The summed E-state index contributed by atoms with van der Waals surface area (Å²) in [6.45, 7) is 6.25. The first kappa shape index (κ1) is 12.9. The molecule has 0 unspecified atom stereocenters. The van der Waals surface area contributed by atoms with Crippen LogP contribution < -0.4 is 4.72 Å². The molecule has 0 saturated carbocycles. The van der Waals surface area contributed by atoms with Gasteiger partial charge < -0.3 is 0 Å². The van der Waals surface area contributed by atoms with Gasteiger partial charge in [-0.05, 0) is 19.3 Å². The maximum absolute atomic E-state index is 10.8. The van der Waals surface area contributed by atoms with Crippen LogP contribution >= 0.6 is 0 Å². The summed E-state index contributed by atoms with van der Waals surface area (Å²) in [5, 5.41) is 0. The van der Waals surface area contributed by atoms with E-state index in [-0.39, 0.29) is 6.04 Å². The van der Waals surface area contributed by atoms with E-state index in [0.29, 0.717) is 5.92 Å². The zero-order chi connectivity index (χ0) is 10.5. The molecule has 0 heterocycles. The Bertz CT molecular complexity index is 222. The molecule has 1 atom stereocenters. The van der Waals surface area contributed by atoms with Crippen molar-refractivity contribution in [1.82, 2.24) is 4.72 Å². The molecule has 0 rings (SSSR count). The van der Waals surface area contributed by atoms with Crippen molar-refractivity contribution >= 4 is 10.0 Å². The quantitative estimate of drug-likeness (QED) is 0.721. The summed E-state index contributed by atoms with van der Waals surface area (Å²) in [6.07, 6.45) is 4.37. The van der Waals surface area contributed by atoms with Gasteiger partial charge in [0.2, 0.25) is 10.0 Å². The number of nitrogens with one attached hydrogen (secondary N) is 1. The van der Waals surface area contributed by atoms with Gasteiger partial charge in [-0.3, -0.25) is 0 Å². The summed E-state index contributed by atoms with van der Waals surface area (Å²) in [5.41, 5.74) is 0. The number of sulfonamides is 1. The first-order valence-electron chi connectivity index (χ1n) is 4.78. The average Bonchev–Trinajstić information content (AvgIpc) is 1.81. The lowest BCUT2D eigenvalue weighted by Gasteiger charge is -2.12. The van der Waals surface area contributed by atoms with E-state index < -0.39 is 10.0 Å². The van der Waals surface area contributed by atoms with Crippen LogP contribution in [0.15, 0.2) is 0 Å². The van der Waals surface area contributed by atoms with Gasteiger partial charge in [0.1, 0.15) is 0 Å². The molecule has 0 radical (unpaired) electrons. The van der Waals surface area contributed by atoms with Crippen LogP contribution in [0.1, 0.15) is 40.0 Å². The van der Waals surface area contributed by atoms with Crippen molar-refractivity contribution in [2.75, 3.05) is 6.26 Å². The van der Waals surface area contributed by atoms with E-state index in [1.54, 1.807) is 0 Å². The summed E-state index contributed by atoms with van der Waals surface area (Å²) in [7, 11) is -3.02. The highest BCUT2D eigenvalue weighted by atomic mass is 32.2. The SMILES string of the molecule is CC(C)CCC[C@@H](C)NS(C)(=O)=O. The van der Waals surface area contributed by atoms with E-state index >= 15 is 0 Å². The van der Waals surface area contributed by atoms with Gasteiger partial charge in [-0.25, -0.2) is 13.1 Å². The minimum atomic E-state index is -3.02. The molecular formula is C9H21NO2S. The molecule has 0 aromatic heterocycles. The Hall–Kier alpha value is -0.0900. The lowest BCUT2D eigenvalue weighted by molar-refractivity contribution is 0.489. The zero-order valence-corrected chi connectivity index (χ0v) is 9.82. The summed E-state index contributed by atoms with van der Waals surface area (Å²) >= 11 is 0. The van der Waals surface area contributed by atoms with E-state index in [9.17, 15) is 8.42 Å². The topological polar surface area (TPSA) is 46.2 Å². The molecule has 0 aliphatic heterocycles. The molecule has 0 bridgehead atoms. The van der Waals surface area contributed by atoms with E-state index in [1.165, 1.54) is 6.26 Å². The minimum absolute atomic E-state index is 0.0637. The lowest BCUT2D eigenvalue weighted by atomic mass is 10.0. The Morgan fingerprint density at radius 2 is 1.69 bits per heavy atom. The Labute approximate surface area is 82.0 Å². The molecule has 0 aromatic carbocycles. The Kier molecular flexibility index (Phi) is 5.56. The van der Waals surface area contributed by atoms with Crippen LogP contribution in [0.5, 0.6) is 0 Å². The fourth-order valence-corrected chi connectivity index (χ4v) is 2.11. The van der Waals surface area contributed by atoms with Gasteiger partial charge in [-0.1, -0.05) is 26.7 Å². The van der Waals surface area contributed by atoms with Crippen LogP contribution in [-0.4, -0.2) is 20.7 Å². The van der Waals surface area contributed by atoms with Crippen LogP contribution in [0.3, 0.4) is 0 Å². The van der Waals surface area contributed by atoms with E-state index in [0.717, 1.165) is 19.3 Å². The highest BCUT2D eigenvalue weighted by Crippen LogP contribution is 2.08. The van der Waals surface area contributed by atoms with E-state index in [4.69, 9.17) is 0 Å². The molecule has 0 aliphatic carbocycles. The Morgan fingerprint density at radius 1 is 1.15 bits per heavy atom. The molecular weight excluding hydrogens is 186 g/mol. The third kappa shape index (κ3) is 9.83. The van der Waals surface area contributed by atoms with Crippen LogP contribution in [0.25, 0.3) is 0 Å². The Morgan fingerprint density at radius 3 is 2.08 bits per heavy atom. The molecule has 0 aromatic rings. The predicted octanol–water partition coefficient (Wildman–Crippen LogP) is 1.75. The summed E-state index contributed by atoms with van der Waals surface area (Å²) in [5.74, 6) is 0.699. The third-order valence-corrected chi connectivity index (χ3v) is 2.66. The number of hydrogen-bond acceptors (Lipinski definition) is 2. The second-order valence-corrected chi connectivity index (χ2v) is 5.90. The minimum Gasteiger partial charge on any atom is -0.213 e. The monoisotopic (exact) mass is 207 g/mol. The van der Waals surface area contributed by atoms with Gasteiger partial charge in [0.05, 0.1) is 6.26 Å². The molecule has 0 aliphatic rings. The van der Waals surface area contributed by atoms with Gasteiger partial charge >= 0.3 is 0 Å². The normalized spacial score (nSPS) is 14.8. The summed E-state index contributed by atoms with van der Waals surface area (Å²) in [6, 6.07) is 0.0637. The van der Waals surface area contributed by atoms with Crippen LogP contribution in [-0.2, 0) is 10.0 Å². The van der Waals surface area contributed by atoms with Crippen molar-refractivity contribution in [2.45, 2.75) is 46.1 Å². The standard InChI is InChI=1S/C9H21NO2S/c1-8(2)6-5-7-9(3)10-13(4,11)12/h8-10H,5-7H2,1-4H3/t9-/m1/s1. The van der Waals surface area contributed by atoms with Crippen LogP contribution in [0.2, 0.25) is 0 Å². The van der Waals surface area contributed by atoms with Gasteiger partial charge in [0.25, 0.3) is 0 Å². The maximum Gasteiger partial charge on any atom is 0.208 e. The van der Waals surface area contributed by atoms with Gasteiger partial charge in [0, 0.05) is 6.04 Å². The number of hydrogen-bond donors (Lipinski definition) is 1. The van der Waals surface area contributed by atoms with Crippen molar-refractivity contribution in [3.63, 3.8) is 0 Å². The highest BCUT2D eigenvalue weighted by molar-refractivity contribution is 7.88. The highest BCUT2D eigenvalue weighted by Gasteiger charge is 2.07. The fraction of sp³-hybridized carbons (Fsp3) is 1.00. The Balaban J connectivity index is 3.58. The molecule has 80 valence electrons. The molecule has 3 nitrogen and oxygen atoms in total. The van der Waals surface area contributed by atoms with Gasteiger partial charge in [0.15, 0.2) is 0 Å². The van der Waals surface area contributed by atoms with Gasteiger partial charge in [-0.2, -0.15) is 0 Å². The van der Waals surface area contributed by atoms with E-state index in [1.807, 2.05) is 6.92 Å². The van der Waals surface area contributed by atoms with Crippen molar-refractivity contribution < 1.29 is 8.42 Å². The van der Waals surface area contributed by atoms with Crippen molar-refractivity contribution in [3.05, 3.63) is 0 Å². The molecule has 0 fully saturated rings. The fourth-order valence-electron chi connectivity index (χ4n) is 1.26. The first-order valence-corrected chi connectivity index (χ1v) is 6.67. The maximum atomic E-state index is 10.8. The van der Waals surface area contributed by atoms with Crippen molar-refractivity contribution in [2.24, 2.45) is 5.92 Å². The smallest absolute Gasteiger partial charge is 0.208 e. The third-order valence-electron chi connectivity index (χ3n) is 1.83. The molecule has 1 N–H and O–H groups in total. The second kappa shape index (κ2) is 5.60. The molecule has 13 heavy (non-hydrogen) atoms. The second-order valence-electron chi connectivity index (χ2n) is 4.12. The molecule has 0 spiro atoms. The predicted molar refractivity (Wildman–Crippen MR) is 56.1 cm³/mol.